The SMILES string of the molecule is CCOC(=O)CNc1cc(OC)ccc1C(N)=O. The Morgan fingerprint density at radius 3 is 2.67 bits per heavy atom. The number of nitrogens with one attached hydrogen (secondary N) is 1. The standard InChI is InChI=1S/C12H16N2O4/c1-3-18-11(15)7-14-10-6-8(17-2)4-5-9(10)12(13)16/h4-6,14H,3,7H2,1-2H3,(H2,13,16). The van der Waals surface area contributed by atoms with Gasteiger partial charge in [0.2, 0.25) is 0 Å². The fourth-order valence-electron chi connectivity index (χ4n) is 1.39. The maximum atomic E-state index is 11.2. The topological polar surface area (TPSA) is 90.7 Å². The van der Waals surface area contributed by atoms with E-state index in [0.717, 1.165) is 0 Å². The van der Waals surface area contributed by atoms with Crippen LogP contribution >= 0.6 is 0 Å². The number of hydrogen-bond donors (Lipinski definition) is 2. The van der Waals surface area contributed by atoms with E-state index in [9.17, 15) is 9.59 Å². The van der Waals surface area contributed by atoms with Crippen molar-refractivity contribution >= 4 is 17.6 Å². The van der Waals surface area contributed by atoms with Crippen LogP contribution in [0.15, 0.2) is 18.2 Å². The first-order valence-electron chi connectivity index (χ1n) is 5.45. The molecule has 0 radical (unpaired) electrons. The van der Waals surface area contributed by atoms with Gasteiger partial charge in [0.05, 0.1) is 25.0 Å². The number of anilines is 1. The number of primary amides is 1. The maximum Gasteiger partial charge on any atom is 0.325 e. The van der Waals surface area contributed by atoms with Gasteiger partial charge in [0.15, 0.2) is 0 Å². The van der Waals surface area contributed by atoms with Crippen molar-refractivity contribution in [3.8, 4) is 5.75 Å². The van der Waals surface area contributed by atoms with E-state index in [1.54, 1.807) is 19.1 Å². The van der Waals surface area contributed by atoms with Gasteiger partial charge in [-0.05, 0) is 19.1 Å². The Kier molecular flexibility index (Phi) is 4.98. The molecule has 0 saturated heterocycles. The fraction of sp³-hybridized carbons (Fsp3) is 0.333. The van der Waals surface area contributed by atoms with Crippen LogP contribution in [0.5, 0.6) is 5.75 Å². The number of rotatable bonds is 6. The van der Waals surface area contributed by atoms with Gasteiger partial charge in [-0.3, -0.25) is 9.59 Å². The highest BCUT2D eigenvalue weighted by atomic mass is 16.5. The monoisotopic (exact) mass is 252 g/mol. The summed E-state index contributed by atoms with van der Waals surface area (Å²) in [7, 11) is 1.51. The molecule has 0 atom stereocenters. The summed E-state index contributed by atoms with van der Waals surface area (Å²) in [6, 6.07) is 4.75. The number of methoxy groups -OCH3 is 1. The normalized spacial score (nSPS) is 9.67. The van der Waals surface area contributed by atoms with Gasteiger partial charge in [-0.25, -0.2) is 0 Å². The summed E-state index contributed by atoms with van der Waals surface area (Å²) in [5.74, 6) is -0.425. The Morgan fingerprint density at radius 2 is 2.11 bits per heavy atom. The summed E-state index contributed by atoms with van der Waals surface area (Å²) in [5.41, 5.74) is 5.97. The van der Waals surface area contributed by atoms with Crippen LogP contribution in [-0.2, 0) is 9.53 Å². The number of benzene rings is 1. The lowest BCUT2D eigenvalue weighted by atomic mass is 10.1. The number of carbonyl (C=O) groups is 2. The zero-order valence-corrected chi connectivity index (χ0v) is 10.4. The molecule has 0 heterocycles. The fourth-order valence-corrected chi connectivity index (χ4v) is 1.39. The highest BCUT2D eigenvalue weighted by molar-refractivity contribution is 5.99. The molecule has 3 N–H and O–H groups in total. The predicted octanol–water partition coefficient (Wildman–Crippen LogP) is 0.769. The average Bonchev–Trinajstić information content (AvgIpc) is 2.36. The van der Waals surface area contributed by atoms with Crippen molar-refractivity contribution in [2.24, 2.45) is 5.73 Å². The molecule has 1 aromatic rings. The molecule has 18 heavy (non-hydrogen) atoms. The Morgan fingerprint density at radius 1 is 1.39 bits per heavy atom. The molecule has 0 unspecified atom stereocenters. The molecule has 0 aliphatic carbocycles. The van der Waals surface area contributed by atoms with Gasteiger partial charge in [0, 0.05) is 6.07 Å². The molecule has 0 aliphatic heterocycles. The molecule has 0 saturated carbocycles. The summed E-state index contributed by atoms with van der Waals surface area (Å²) in [4.78, 5) is 22.4. The van der Waals surface area contributed by atoms with E-state index in [4.69, 9.17) is 15.2 Å². The highest BCUT2D eigenvalue weighted by Gasteiger charge is 2.10. The van der Waals surface area contributed by atoms with Gasteiger partial charge >= 0.3 is 5.97 Å². The molecule has 0 fully saturated rings. The van der Waals surface area contributed by atoms with Gasteiger partial charge in [-0.1, -0.05) is 0 Å². The van der Waals surface area contributed by atoms with E-state index in [0.29, 0.717) is 23.6 Å². The van der Waals surface area contributed by atoms with Crippen molar-refractivity contribution in [2.45, 2.75) is 6.92 Å². The van der Waals surface area contributed by atoms with Crippen molar-refractivity contribution in [3.63, 3.8) is 0 Å². The second-order valence-electron chi connectivity index (χ2n) is 3.43. The van der Waals surface area contributed by atoms with E-state index in [1.807, 2.05) is 0 Å². The minimum Gasteiger partial charge on any atom is -0.497 e. The smallest absolute Gasteiger partial charge is 0.325 e. The number of ether oxygens (including phenoxy) is 2. The van der Waals surface area contributed by atoms with E-state index < -0.39 is 11.9 Å². The largest absolute Gasteiger partial charge is 0.497 e. The van der Waals surface area contributed by atoms with Crippen molar-refractivity contribution in [2.75, 3.05) is 25.6 Å². The molecular formula is C12H16N2O4. The van der Waals surface area contributed by atoms with Crippen LogP contribution in [0.2, 0.25) is 0 Å². The Balaban J connectivity index is 2.84. The lowest BCUT2D eigenvalue weighted by Crippen LogP contribution is -2.20. The third-order valence-electron chi connectivity index (χ3n) is 2.22. The first-order chi connectivity index (χ1) is 8.58. The summed E-state index contributed by atoms with van der Waals surface area (Å²) in [6.45, 7) is 1.99. The van der Waals surface area contributed by atoms with Crippen molar-refractivity contribution < 1.29 is 19.1 Å². The number of hydrogen-bond acceptors (Lipinski definition) is 5. The minimum atomic E-state index is -0.580. The molecular weight excluding hydrogens is 236 g/mol. The van der Waals surface area contributed by atoms with Crippen LogP contribution in [0.3, 0.4) is 0 Å². The van der Waals surface area contributed by atoms with Crippen LogP contribution in [0.25, 0.3) is 0 Å². The molecule has 6 heteroatoms. The van der Waals surface area contributed by atoms with Gasteiger partial charge in [0.25, 0.3) is 5.91 Å². The van der Waals surface area contributed by atoms with E-state index >= 15 is 0 Å². The zero-order chi connectivity index (χ0) is 13.5. The third kappa shape index (κ3) is 3.65. The Bertz CT molecular complexity index is 446. The number of carbonyl (C=O) groups excluding carboxylic acids is 2. The van der Waals surface area contributed by atoms with Gasteiger partial charge in [0.1, 0.15) is 12.3 Å². The van der Waals surface area contributed by atoms with Crippen LogP contribution in [0, 0.1) is 0 Å². The summed E-state index contributed by atoms with van der Waals surface area (Å²) >= 11 is 0. The van der Waals surface area contributed by atoms with Crippen molar-refractivity contribution in [3.05, 3.63) is 23.8 Å². The quantitative estimate of drug-likeness (QED) is 0.730. The molecule has 0 aliphatic rings. The predicted molar refractivity (Wildman–Crippen MR) is 66.6 cm³/mol. The van der Waals surface area contributed by atoms with Crippen LogP contribution in [-0.4, -0.2) is 32.1 Å². The van der Waals surface area contributed by atoms with Crippen molar-refractivity contribution in [1.82, 2.24) is 0 Å². The van der Waals surface area contributed by atoms with E-state index in [-0.39, 0.29) is 6.54 Å². The lowest BCUT2D eigenvalue weighted by Gasteiger charge is -2.11. The number of amides is 1. The van der Waals surface area contributed by atoms with Crippen LogP contribution in [0.4, 0.5) is 5.69 Å². The average molecular weight is 252 g/mol. The van der Waals surface area contributed by atoms with Gasteiger partial charge in [-0.2, -0.15) is 0 Å². The number of esters is 1. The minimum absolute atomic E-state index is 0.0404. The summed E-state index contributed by atoms with van der Waals surface area (Å²) < 4.78 is 9.81. The molecule has 1 amide bonds. The lowest BCUT2D eigenvalue weighted by molar-refractivity contribution is -0.140. The molecule has 1 aromatic carbocycles. The molecule has 1 rings (SSSR count). The molecule has 0 spiro atoms. The first-order valence-corrected chi connectivity index (χ1v) is 5.45. The molecule has 0 bridgehead atoms. The second kappa shape index (κ2) is 6.48. The molecule has 98 valence electrons. The van der Waals surface area contributed by atoms with E-state index in [2.05, 4.69) is 5.32 Å². The third-order valence-corrected chi connectivity index (χ3v) is 2.22. The zero-order valence-electron chi connectivity index (χ0n) is 10.4. The maximum absolute atomic E-state index is 11.2. The Labute approximate surface area is 105 Å². The Hall–Kier alpha value is -2.24. The van der Waals surface area contributed by atoms with Crippen LogP contribution < -0.4 is 15.8 Å². The molecule has 6 nitrogen and oxygen atoms in total. The first kappa shape index (κ1) is 13.8. The highest BCUT2D eigenvalue weighted by Crippen LogP contribution is 2.22. The summed E-state index contributed by atoms with van der Waals surface area (Å²) in [5, 5.41) is 2.80. The molecule has 0 aromatic heterocycles. The van der Waals surface area contributed by atoms with Gasteiger partial charge in [-0.15, -0.1) is 0 Å². The van der Waals surface area contributed by atoms with E-state index in [1.165, 1.54) is 13.2 Å². The van der Waals surface area contributed by atoms with Crippen molar-refractivity contribution in [1.29, 1.82) is 0 Å². The second-order valence-corrected chi connectivity index (χ2v) is 3.43. The van der Waals surface area contributed by atoms with Crippen LogP contribution in [0.1, 0.15) is 17.3 Å². The van der Waals surface area contributed by atoms with Gasteiger partial charge < -0.3 is 20.5 Å². The summed E-state index contributed by atoms with van der Waals surface area (Å²) in [6.07, 6.45) is 0. The number of nitrogens with two attached hydrogens (primary N) is 1.